The number of phenolic OH excluding ortho intramolecular Hbond substituents is 2. The van der Waals surface area contributed by atoms with Crippen molar-refractivity contribution in [2.24, 2.45) is 35.5 Å². The first kappa shape index (κ1) is 59.0. The van der Waals surface area contributed by atoms with Crippen LogP contribution in [0.2, 0.25) is 0 Å². The number of aromatic hydroxyl groups is 2. The van der Waals surface area contributed by atoms with E-state index in [1.165, 1.54) is 60.2 Å². The van der Waals surface area contributed by atoms with Crippen molar-refractivity contribution in [2.45, 2.75) is 96.9 Å². The van der Waals surface area contributed by atoms with Gasteiger partial charge in [-0.2, -0.15) is 0 Å². The van der Waals surface area contributed by atoms with Crippen molar-refractivity contribution in [3.63, 3.8) is 0 Å². The highest BCUT2D eigenvalue weighted by Crippen LogP contribution is 2.51. The van der Waals surface area contributed by atoms with Gasteiger partial charge >= 0.3 is 11.9 Å². The number of hydrogen-bond donors (Lipinski definition) is 2. The summed E-state index contributed by atoms with van der Waals surface area (Å²) in [7, 11) is 0. The molecule has 3 aliphatic rings. The van der Waals surface area contributed by atoms with Crippen LogP contribution in [0.3, 0.4) is 0 Å². The number of hydrogen-bond acceptors (Lipinski definition) is 9. The Balaban J connectivity index is 0.00000120. The number of halogens is 1. The van der Waals surface area contributed by atoms with Crippen LogP contribution in [0.1, 0.15) is 129 Å². The second-order valence-electron chi connectivity index (χ2n) is 15.3. The molecule has 2 bridgehead atoms. The molecule has 1 saturated carbocycles. The molecule has 0 aromatic heterocycles. The van der Waals surface area contributed by atoms with Gasteiger partial charge in [0.05, 0.1) is 23.8 Å². The molecule has 2 N–H and O–H groups in total. The smallest absolute Gasteiger partial charge is 0.343 e. The average Bonchev–Trinajstić information content (AvgIpc) is 3.93. The molecule has 354 valence electrons. The highest BCUT2D eigenvalue weighted by molar-refractivity contribution is 6.67. The minimum Gasteiger partial charge on any atom is -0.508 e. The Bertz CT molecular complexity index is 2200. The van der Waals surface area contributed by atoms with Gasteiger partial charge in [-0.1, -0.05) is 101 Å². The van der Waals surface area contributed by atoms with Crippen molar-refractivity contribution < 1.29 is 43.7 Å². The lowest BCUT2D eigenvalue weighted by molar-refractivity contribution is -0.137. The number of allylic oxidation sites excluding steroid dienone is 2. The number of fused-ring (bicyclic) bond motifs is 2. The Morgan fingerprint density at radius 2 is 1.32 bits per heavy atom. The Hall–Kier alpha value is -6.00. The van der Waals surface area contributed by atoms with Crippen LogP contribution in [0.25, 0.3) is 6.08 Å². The number of nitrogens with zero attached hydrogens (tertiary/aromatic N) is 1. The minimum atomic E-state index is -0.579. The minimum absolute atomic E-state index is 0. The fraction of sp³-hybridized carbons (Fsp3) is 0.389. The van der Waals surface area contributed by atoms with E-state index >= 15 is 0 Å². The number of rotatable bonds is 13. The Labute approximate surface area is 393 Å². The SMILES string of the molecule is C.C.C.C.C.C.CCC(CC(c1ccc(O)cc1)C1C(=O)N(c2ccc(O)cc2)C(=O)C1C)C1CC2C=CC1C2.CCOC(=O)/C=C/c1ccc(C(=O)Oc2ccc(C(=O)Cl)cc2)cc1. The van der Waals surface area contributed by atoms with Gasteiger partial charge in [-0.25, -0.2) is 9.59 Å². The number of anilines is 1. The van der Waals surface area contributed by atoms with Crippen LogP contribution in [0, 0.1) is 35.5 Å². The molecule has 4 aromatic carbocycles. The van der Waals surface area contributed by atoms with Gasteiger partial charge in [0.15, 0.2) is 0 Å². The van der Waals surface area contributed by atoms with E-state index in [0.717, 1.165) is 24.0 Å². The molecule has 1 aliphatic heterocycles. The number of imide groups is 1. The lowest BCUT2D eigenvalue weighted by atomic mass is 9.70. The maximum absolute atomic E-state index is 13.8. The molecule has 2 aliphatic carbocycles. The maximum atomic E-state index is 13.8. The van der Waals surface area contributed by atoms with Gasteiger partial charge in [-0.15, -0.1) is 0 Å². The monoisotopic (exact) mass is 913 g/mol. The van der Waals surface area contributed by atoms with E-state index in [2.05, 4.69) is 19.1 Å². The topological polar surface area (TPSA) is 148 Å². The normalized spacial score (nSPS) is 19.6. The number of ether oxygens (including phenoxy) is 2. The second-order valence-corrected chi connectivity index (χ2v) is 15.6. The largest absolute Gasteiger partial charge is 0.508 e. The molecule has 7 rings (SSSR count). The molecular formula is C54H72ClNO9. The summed E-state index contributed by atoms with van der Waals surface area (Å²) >= 11 is 5.35. The van der Waals surface area contributed by atoms with Crippen LogP contribution in [0.5, 0.6) is 17.2 Å². The van der Waals surface area contributed by atoms with Gasteiger partial charge < -0.3 is 19.7 Å². The van der Waals surface area contributed by atoms with Crippen LogP contribution in [0.4, 0.5) is 5.69 Å². The van der Waals surface area contributed by atoms with Crippen molar-refractivity contribution >= 4 is 52.4 Å². The number of carbonyl (C=O) groups excluding carboxylic acids is 5. The van der Waals surface area contributed by atoms with E-state index in [-0.39, 0.29) is 73.8 Å². The molecule has 65 heavy (non-hydrogen) atoms. The molecular weight excluding hydrogens is 842 g/mol. The molecule has 7 unspecified atom stereocenters. The summed E-state index contributed by atoms with van der Waals surface area (Å²) in [6.07, 6.45) is 12.0. The summed E-state index contributed by atoms with van der Waals surface area (Å²) in [4.78, 5) is 62.7. The van der Waals surface area contributed by atoms with E-state index in [1.807, 2.05) is 19.1 Å². The zero-order chi connectivity index (χ0) is 42.2. The van der Waals surface area contributed by atoms with Crippen LogP contribution < -0.4 is 9.64 Å². The van der Waals surface area contributed by atoms with Crippen LogP contribution in [-0.4, -0.2) is 45.8 Å². The number of amides is 2. The van der Waals surface area contributed by atoms with Crippen molar-refractivity contribution in [1.82, 2.24) is 0 Å². The van der Waals surface area contributed by atoms with Crippen molar-refractivity contribution in [3.8, 4) is 17.2 Å². The predicted molar refractivity (Wildman–Crippen MR) is 265 cm³/mol. The van der Waals surface area contributed by atoms with Crippen molar-refractivity contribution in [3.05, 3.63) is 138 Å². The molecule has 11 heteroatoms. The van der Waals surface area contributed by atoms with E-state index in [4.69, 9.17) is 21.1 Å². The summed E-state index contributed by atoms with van der Waals surface area (Å²) in [6, 6.07) is 25.9. The molecule has 10 nitrogen and oxygen atoms in total. The first-order valence-electron chi connectivity index (χ1n) is 20.0. The Morgan fingerprint density at radius 3 is 1.83 bits per heavy atom. The van der Waals surface area contributed by atoms with Gasteiger partial charge in [0, 0.05) is 17.6 Å². The fourth-order valence-corrected chi connectivity index (χ4v) is 8.78. The van der Waals surface area contributed by atoms with E-state index in [1.54, 1.807) is 61.5 Å². The van der Waals surface area contributed by atoms with Gasteiger partial charge in [-0.05, 0) is 157 Å². The van der Waals surface area contributed by atoms with Crippen LogP contribution in [0.15, 0.2) is 115 Å². The highest BCUT2D eigenvalue weighted by atomic mass is 35.5. The molecule has 7 atom stereocenters. The predicted octanol–water partition coefficient (Wildman–Crippen LogP) is 13.3. The van der Waals surface area contributed by atoms with Gasteiger partial charge in [0.2, 0.25) is 11.8 Å². The lowest BCUT2D eigenvalue weighted by Crippen LogP contribution is -2.32. The maximum Gasteiger partial charge on any atom is 0.343 e. The van der Waals surface area contributed by atoms with Crippen LogP contribution >= 0.6 is 11.6 Å². The molecule has 0 spiro atoms. The number of benzene rings is 4. The second kappa shape index (κ2) is 26.7. The lowest BCUT2D eigenvalue weighted by Gasteiger charge is -2.34. The van der Waals surface area contributed by atoms with Gasteiger partial charge in [0.25, 0.3) is 5.24 Å². The first-order valence-corrected chi connectivity index (χ1v) is 20.4. The van der Waals surface area contributed by atoms with Crippen molar-refractivity contribution in [2.75, 3.05) is 11.5 Å². The van der Waals surface area contributed by atoms with E-state index in [0.29, 0.717) is 52.8 Å². The number of carbonyl (C=O) groups is 5. The summed E-state index contributed by atoms with van der Waals surface area (Å²) in [5, 5.41) is 19.0. The summed E-state index contributed by atoms with van der Waals surface area (Å²) in [5.41, 5.74) is 2.91. The third-order valence-electron chi connectivity index (χ3n) is 11.7. The summed E-state index contributed by atoms with van der Waals surface area (Å²) < 4.78 is 10.0. The third kappa shape index (κ3) is 14.2. The Morgan fingerprint density at radius 1 is 0.754 bits per heavy atom. The first-order chi connectivity index (χ1) is 28.4. The van der Waals surface area contributed by atoms with Crippen molar-refractivity contribution in [1.29, 1.82) is 0 Å². The fourth-order valence-electron chi connectivity index (χ4n) is 8.66. The molecule has 0 radical (unpaired) electrons. The van der Waals surface area contributed by atoms with Gasteiger partial charge in [0.1, 0.15) is 17.2 Å². The van der Waals surface area contributed by atoms with Gasteiger partial charge in [-0.3, -0.25) is 19.3 Å². The Kier molecular flexibility index (Phi) is 24.2. The standard InChI is InChI=1S/C29H33NO4.C19H15ClO5.6CH4/c1-3-19(25-15-18-4-5-21(25)14-18)16-26(20-6-10-23(31)11-7-20)27-17(2)28(33)30(29(27)34)22-8-12-24(32)13-9-22;1-2-24-17(21)12-5-13-3-6-15(7-4-13)19(23)25-16-10-8-14(9-11-16)18(20)22;;;;;;/h4-13,17-19,21,25-27,31-32H,3,14-16H2,1-2H3;3-12H,2H2,1H3;6*1H4/b;12-5+;;;;;;. The quantitative estimate of drug-likeness (QED) is 0.0334. The van der Waals surface area contributed by atoms with Crippen LogP contribution in [-0.2, 0) is 19.1 Å². The number of esters is 2. The third-order valence-corrected chi connectivity index (χ3v) is 11.9. The van der Waals surface area contributed by atoms with E-state index < -0.39 is 29.0 Å². The molecule has 2 fully saturated rings. The number of phenols is 2. The molecule has 2 amide bonds. The highest BCUT2D eigenvalue weighted by Gasteiger charge is 2.51. The van der Waals surface area contributed by atoms with E-state index in [9.17, 15) is 34.2 Å². The average molecular weight is 915 g/mol. The zero-order valence-electron chi connectivity index (χ0n) is 33.2. The molecule has 1 heterocycles. The summed E-state index contributed by atoms with van der Waals surface area (Å²) in [5.74, 6) is 0.649. The summed E-state index contributed by atoms with van der Waals surface area (Å²) in [6.45, 7) is 6.14. The molecule has 1 saturated heterocycles. The zero-order valence-corrected chi connectivity index (χ0v) is 34.0. The molecule has 4 aromatic rings.